The van der Waals surface area contributed by atoms with Gasteiger partial charge in [-0.05, 0) is 37.1 Å². The summed E-state index contributed by atoms with van der Waals surface area (Å²) in [6.07, 6.45) is 11.6. The number of ether oxygens (including phenoxy) is 1. The highest BCUT2D eigenvalue weighted by Gasteiger charge is 2.22. The van der Waals surface area contributed by atoms with Gasteiger partial charge in [0, 0.05) is 30.2 Å². The van der Waals surface area contributed by atoms with Crippen molar-refractivity contribution in [3.63, 3.8) is 0 Å². The predicted molar refractivity (Wildman–Crippen MR) is 117 cm³/mol. The second kappa shape index (κ2) is 10.0. The molecular formula is C24H26N4O3. The summed E-state index contributed by atoms with van der Waals surface area (Å²) in [5, 5.41) is 7.57. The molecule has 0 spiro atoms. The van der Waals surface area contributed by atoms with E-state index in [9.17, 15) is 9.59 Å². The number of esters is 1. The number of rotatable bonds is 6. The molecule has 7 heteroatoms. The van der Waals surface area contributed by atoms with Crippen LogP contribution in [0.15, 0.2) is 61.1 Å². The molecule has 7 nitrogen and oxygen atoms in total. The lowest BCUT2D eigenvalue weighted by Gasteiger charge is -2.16. The molecule has 0 aliphatic heterocycles. The van der Waals surface area contributed by atoms with Crippen molar-refractivity contribution >= 4 is 11.9 Å². The average Bonchev–Trinajstić information content (AvgIpc) is 3.11. The Morgan fingerprint density at radius 3 is 2.52 bits per heavy atom. The first-order chi connectivity index (χ1) is 15.2. The Labute approximate surface area is 181 Å². The fourth-order valence-corrected chi connectivity index (χ4v) is 3.85. The van der Waals surface area contributed by atoms with Crippen LogP contribution in [-0.2, 0) is 9.53 Å². The molecule has 0 bridgehead atoms. The van der Waals surface area contributed by atoms with E-state index in [2.05, 4.69) is 15.4 Å². The third-order valence-electron chi connectivity index (χ3n) is 5.44. The van der Waals surface area contributed by atoms with Crippen molar-refractivity contribution in [3.05, 3.63) is 66.6 Å². The van der Waals surface area contributed by atoms with Crippen LogP contribution in [0.1, 0.15) is 48.9 Å². The molecule has 0 saturated heterocycles. The standard InChI is InChI=1S/C24H26N4O3/c29-22(26-19-10-4-1-2-5-11-19)17-31-24(30)21-16-28(20-12-6-3-7-13-20)27-23(21)18-9-8-14-25-15-18/h3,6-9,12-16,19H,1-2,4-5,10-11,17H2,(H,26,29). The highest BCUT2D eigenvalue weighted by atomic mass is 16.5. The lowest BCUT2D eigenvalue weighted by atomic mass is 10.1. The summed E-state index contributed by atoms with van der Waals surface area (Å²) in [4.78, 5) is 29.3. The van der Waals surface area contributed by atoms with Crippen LogP contribution in [0.5, 0.6) is 0 Å². The molecule has 0 unspecified atom stereocenters. The minimum atomic E-state index is -0.586. The summed E-state index contributed by atoms with van der Waals surface area (Å²) in [6.45, 7) is -0.307. The minimum absolute atomic E-state index is 0.167. The largest absolute Gasteiger partial charge is 0.452 e. The van der Waals surface area contributed by atoms with E-state index in [0.29, 0.717) is 16.8 Å². The molecule has 0 radical (unpaired) electrons. The van der Waals surface area contributed by atoms with Gasteiger partial charge in [0.1, 0.15) is 11.3 Å². The second-order valence-electron chi connectivity index (χ2n) is 7.75. The van der Waals surface area contributed by atoms with Crippen molar-refractivity contribution in [3.8, 4) is 16.9 Å². The Morgan fingerprint density at radius 2 is 1.81 bits per heavy atom. The number of carbonyl (C=O) groups is 2. The number of pyridine rings is 1. The predicted octanol–water partition coefficient (Wildman–Crippen LogP) is 3.93. The Hall–Kier alpha value is -3.48. The Morgan fingerprint density at radius 1 is 1.03 bits per heavy atom. The van der Waals surface area contributed by atoms with Gasteiger partial charge in [-0.2, -0.15) is 5.10 Å². The first-order valence-electron chi connectivity index (χ1n) is 10.7. The van der Waals surface area contributed by atoms with E-state index in [-0.39, 0.29) is 18.6 Å². The van der Waals surface area contributed by atoms with Crippen LogP contribution in [0, 0.1) is 0 Å². The van der Waals surface area contributed by atoms with E-state index in [0.717, 1.165) is 31.4 Å². The lowest BCUT2D eigenvalue weighted by molar-refractivity contribution is -0.125. The zero-order valence-corrected chi connectivity index (χ0v) is 17.4. The number of hydrogen-bond acceptors (Lipinski definition) is 5. The summed E-state index contributed by atoms with van der Waals surface area (Å²) in [6, 6.07) is 13.3. The van der Waals surface area contributed by atoms with E-state index >= 15 is 0 Å². The van der Waals surface area contributed by atoms with Gasteiger partial charge in [0.05, 0.1) is 5.69 Å². The highest BCUT2D eigenvalue weighted by Crippen LogP contribution is 2.24. The maximum absolute atomic E-state index is 12.9. The molecule has 0 atom stereocenters. The smallest absolute Gasteiger partial charge is 0.342 e. The Bertz CT molecular complexity index is 1010. The molecule has 1 aromatic carbocycles. The topological polar surface area (TPSA) is 86.1 Å². The van der Waals surface area contributed by atoms with Crippen LogP contribution < -0.4 is 5.32 Å². The summed E-state index contributed by atoms with van der Waals surface area (Å²) in [5.74, 6) is -0.851. The number of nitrogens with one attached hydrogen (secondary N) is 1. The van der Waals surface area contributed by atoms with Gasteiger partial charge in [0.15, 0.2) is 6.61 Å². The monoisotopic (exact) mass is 418 g/mol. The van der Waals surface area contributed by atoms with Crippen molar-refractivity contribution in [1.82, 2.24) is 20.1 Å². The zero-order valence-electron chi connectivity index (χ0n) is 17.4. The normalized spacial score (nSPS) is 14.6. The summed E-state index contributed by atoms with van der Waals surface area (Å²) in [5.41, 5.74) is 2.27. The maximum Gasteiger partial charge on any atom is 0.342 e. The van der Waals surface area contributed by atoms with Gasteiger partial charge >= 0.3 is 5.97 Å². The molecule has 2 heterocycles. The van der Waals surface area contributed by atoms with Gasteiger partial charge in [-0.3, -0.25) is 9.78 Å². The van der Waals surface area contributed by atoms with Crippen LogP contribution in [0.3, 0.4) is 0 Å². The van der Waals surface area contributed by atoms with Gasteiger partial charge < -0.3 is 10.1 Å². The summed E-state index contributed by atoms with van der Waals surface area (Å²) in [7, 11) is 0. The van der Waals surface area contributed by atoms with Crippen LogP contribution in [0.25, 0.3) is 16.9 Å². The van der Waals surface area contributed by atoms with Crippen LogP contribution in [0.2, 0.25) is 0 Å². The summed E-state index contributed by atoms with van der Waals surface area (Å²) >= 11 is 0. The fourth-order valence-electron chi connectivity index (χ4n) is 3.85. The van der Waals surface area contributed by atoms with E-state index in [1.807, 2.05) is 36.4 Å². The molecule has 1 aliphatic carbocycles. The van der Waals surface area contributed by atoms with Gasteiger partial charge in [0.2, 0.25) is 0 Å². The molecule has 1 saturated carbocycles. The van der Waals surface area contributed by atoms with Crippen LogP contribution in [-0.4, -0.2) is 39.3 Å². The van der Waals surface area contributed by atoms with Crippen molar-refractivity contribution in [2.75, 3.05) is 6.61 Å². The number of amides is 1. The molecule has 160 valence electrons. The quantitative estimate of drug-likeness (QED) is 0.484. The van der Waals surface area contributed by atoms with Crippen molar-refractivity contribution in [1.29, 1.82) is 0 Å². The number of hydrogen-bond donors (Lipinski definition) is 1. The zero-order chi connectivity index (χ0) is 21.5. The molecule has 1 fully saturated rings. The van der Waals surface area contributed by atoms with Gasteiger partial charge in [-0.1, -0.05) is 43.9 Å². The number of aromatic nitrogens is 3. The van der Waals surface area contributed by atoms with Gasteiger partial charge in [-0.15, -0.1) is 0 Å². The SMILES string of the molecule is O=C(COC(=O)c1cn(-c2ccccc2)nc1-c1cccnc1)NC1CCCCCC1. The Kier molecular flexibility index (Phi) is 6.72. The third-order valence-corrected chi connectivity index (χ3v) is 5.44. The van der Waals surface area contributed by atoms with E-state index in [4.69, 9.17) is 4.74 Å². The van der Waals surface area contributed by atoms with Crippen molar-refractivity contribution in [2.45, 2.75) is 44.6 Å². The average molecular weight is 418 g/mol. The fraction of sp³-hybridized carbons (Fsp3) is 0.333. The van der Waals surface area contributed by atoms with E-state index in [1.165, 1.54) is 12.8 Å². The van der Waals surface area contributed by atoms with Gasteiger partial charge in [-0.25, -0.2) is 9.48 Å². The second-order valence-corrected chi connectivity index (χ2v) is 7.75. The van der Waals surface area contributed by atoms with E-state index in [1.54, 1.807) is 29.3 Å². The molecule has 4 rings (SSSR count). The lowest BCUT2D eigenvalue weighted by Crippen LogP contribution is -2.37. The van der Waals surface area contributed by atoms with Crippen molar-refractivity contribution < 1.29 is 14.3 Å². The minimum Gasteiger partial charge on any atom is -0.452 e. The van der Waals surface area contributed by atoms with Crippen molar-refractivity contribution in [2.24, 2.45) is 0 Å². The van der Waals surface area contributed by atoms with Gasteiger partial charge in [0.25, 0.3) is 5.91 Å². The molecule has 1 amide bonds. The molecule has 1 aliphatic rings. The maximum atomic E-state index is 12.9. The number of carbonyl (C=O) groups excluding carboxylic acids is 2. The summed E-state index contributed by atoms with van der Waals surface area (Å²) < 4.78 is 6.98. The molecule has 1 N–H and O–H groups in total. The Balaban J connectivity index is 1.48. The molecule has 3 aromatic rings. The molecule has 31 heavy (non-hydrogen) atoms. The molecular weight excluding hydrogens is 392 g/mol. The number of para-hydroxylation sites is 1. The number of benzene rings is 1. The van der Waals surface area contributed by atoms with E-state index < -0.39 is 5.97 Å². The molecule has 2 aromatic heterocycles. The third kappa shape index (κ3) is 5.36. The first-order valence-corrected chi connectivity index (χ1v) is 10.7. The van der Waals surface area contributed by atoms with Crippen LogP contribution in [0.4, 0.5) is 0 Å². The van der Waals surface area contributed by atoms with Crippen LogP contribution >= 0.6 is 0 Å². The highest BCUT2D eigenvalue weighted by molar-refractivity contribution is 5.97. The number of nitrogens with zero attached hydrogens (tertiary/aromatic N) is 3. The first kappa shape index (κ1) is 20.8.